The Bertz CT molecular complexity index is 1010. The van der Waals surface area contributed by atoms with Crippen LogP contribution < -0.4 is 11.1 Å². The van der Waals surface area contributed by atoms with Gasteiger partial charge in [-0.05, 0) is 36.6 Å². The largest absolute Gasteiger partial charge is 0.360 e. The number of nitrogens with zero attached hydrogens (tertiary/aromatic N) is 2. The van der Waals surface area contributed by atoms with E-state index < -0.39 is 0 Å². The van der Waals surface area contributed by atoms with Crippen molar-refractivity contribution in [2.24, 2.45) is 5.73 Å². The smallest absolute Gasteiger partial charge is 0.183 e. The summed E-state index contributed by atoms with van der Waals surface area (Å²) in [6, 6.07) is 16.7. The molecule has 2 aromatic carbocycles. The average Bonchev–Trinajstić information content (AvgIpc) is 3.26. The minimum absolute atomic E-state index is 0.0485. The van der Waals surface area contributed by atoms with Crippen molar-refractivity contribution in [2.75, 3.05) is 11.9 Å². The van der Waals surface area contributed by atoms with E-state index in [0.29, 0.717) is 6.54 Å². The van der Waals surface area contributed by atoms with Crippen molar-refractivity contribution in [2.45, 2.75) is 19.4 Å². The molecule has 6 heteroatoms. The van der Waals surface area contributed by atoms with Gasteiger partial charge in [0.1, 0.15) is 0 Å². The highest BCUT2D eigenvalue weighted by Crippen LogP contribution is 2.34. The summed E-state index contributed by atoms with van der Waals surface area (Å²) in [7, 11) is 0. The number of nitrogens with one attached hydrogen (secondary N) is 2. The molecule has 26 heavy (non-hydrogen) atoms. The first kappa shape index (κ1) is 16.8. The first-order chi connectivity index (χ1) is 12.7. The van der Waals surface area contributed by atoms with Gasteiger partial charge < -0.3 is 11.1 Å². The summed E-state index contributed by atoms with van der Waals surface area (Å²) in [5.41, 5.74) is 10.7. The number of nitrogens with two attached hydrogens (primary N) is 1. The molecule has 2 heterocycles. The molecule has 1 unspecified atom stereocenters. The van der Waals surface area contributed by atoms with Gasteiger partial charge in [0.15, 0.2) is 5.13 Å². The fourth-order valence-electron chi connectivity index (χ4n) is 3.03. The summed E-state index contributed by atoms with van der Waals surface area (Å²) in [4.78, 5) is 5.84. The second-order valence-electron chi connectivity index (χ2n) is 6.44. The van der Waals surface area contributed by atoms with Gasteiger partial charge in [-0.2, -0.15) is 5.10 Å². The van der Waals surface area contributed by atoms with Crippen LogP contribution in [-0.2, 0) is 6.42 Å². The maximum absolute atomic E-state index is 6.26. The zero-order valence-corrected chi connectivity index (χ0v) is 15.4. The van der Waals surface area contributed by atoms with E-state index in [9.17, 15) is 0 Å². The van der Waals surface area contributed by atoms with Crippen molar-refractivity contribution in [3.63, 3.8) is 0 Å². The first-order valence-corrected chi connectivity index (χ1v) is 9.45. The number of aromatic amines is 1. The summed E-state index contributed by atoms with van der Waals surface area (Å²) in [5, 5.41) is 12.5. The predicted molar refractivity (Wildman–Crippen MR) is 109 cm³/mol. The zero-order chi connectivity index (χ0) is 17.9. The fourth-order valence-corrected chi connectivity index (χ4v) is 4.00. The average molecular weight is 363 g/mol. The lowest BCUT2D eigenvalue weighted by Crippen LogP contribution is -2.31. The number of H-pyrrole nitrogens is 1. The molecule has 2 aromatic heterocycles. The highest BCUT2D eigenvalue weighted by atomic mass is 32.1. The van der Waals surface area contributed by atoms with Gasteiger partial charge in [0.05, 0.1) is 22.3 Å². The molecule has 0 radical (unpaired) electrons. The van der Waals surface area contributed by atoms with Gasteiger partial charge in [-0.1, -0.05) is 47.7 Å². The number of benzene rings is 2. The molecule has 0 saturated carbocycles. The standard InChI is InChI=1S/C20H21N5S/c1-13-19(15-7-8-18-16(10-15)11-23-25-18)26-20(24-13)22-12-17(21)9-14-5-3-2-4-6-14/h2-8,10-11,17H,9,12,21H2,1H3,(H,22,24)(H,23,25). The molecule has 0 aliphatic heterocycles. The van der Waals surface area contributed by atoms with Crippen molar-refractivity contribution in [1.29, 1.82) is 0 Å². The number of aromatic nitrogens is 3. The van der Waals surface area contributed by atoms with E-state index in [2.05, 4.69) is 50.8 Å². The molecule has 4 N–H and O–H groups in total. The monoisotopic (exact) mass is 363 g/mol. The highest BCUT2D eigenvalue weighted by molar-refractivity contribution is 7.19. The third-order valence-electron chi connectivity index (χ3n) is 4.36. The number of fused-ring (bicyclic) bond motifs is 1. The van der Waals surface area contributed by atoms with E-state index in [1.165, 1.54) is 10.4 Å². The van der Waals surface area contributed by atoms with Crippen LogP contribution in [0.3, 0.4) is 0 Å². The van der Waals surface area contributed by atoms with E-state index in [0.717, 1.165) is 33.7 Å². The summed E-state index contributed by atoms with van der Waals surface area (Å²) < 4.78 is 0. The van der Waals surface area contributed by atoms with Gasteiger partial charge in [-0.25, -0.2) is 4.98 Å². The molecular weight excluding hydrogens is 342 g/mol. The van der Waals surface area contributed by atoms with Gasteiger partial charge >= 0.3 is 0 Å². The molecule has 1 atom stereocenters. The molecule has 0 bridgehead atoms. The van der Waals surface area contributed by atoms with Crippen LogP contribution in [0.5, 0.6) is 0 Å². The van der Waals surface area contributed by atoms with Crippen LogP contribution in [0, 0.1) is 6.92 Å². The first-order valence-electron chi connectivity index (χ1n) is 8.63. The van der Waals surface area contributed by atoms with E-state index in [-0.39, 0.29) is 6.04 Å². The Hall–Kier alpha value is -2.70. The number of rotatable bonds is 6. The second-order valence-corrected chi connectivity index (χ2v) is 7.44. The van der Waals surface area contributed by atoms with Crippen LogP contribution >= 0.6 is 11.3 Å². The number of hydrogen-bond donors (Lipinski definition) is 3. The van der Waals surface area contributed by atoms with Crippen LogP contribution in [0.2, 0.25) is 0 Å². The third kappa shape index (κ3) is 3.61. The summed E-state index contributed by atoms with van der Waals surface area (Å²) in [6.45, 7) is 2.74. The Morgan fingerprint density at radius 2 is 2.04 bits per heavy atom. The topological polar surface area (TPSA) is 79.6 Å². The lowest BCUT2D eigenvalue weighted by Gasteiger charge is -2.12. The van der Waals surface area contributed by atoms with Crippen LogP contribution in [-0.4, -0.2) is 27.8 Å². The highest BCUT2D eigenvalue weighted by Gasteiger charge is 2.12. The number of thiazole rings is 1. The van der Waals surface area contributed by atoms with Crippen molar-refractivity contribution in [3.05, 3.63) is 66.0 Å². The van der Waals surface area contributed by atoms with Crippen LogP contribution in [0.25, 0.3) is 21.3 Å². The molecule has 132 valence electrons. The van der Waals surface area contributed by atoms with Gasteiger partial charge in [0.25, 0.3) is 0 Å². The summed E-state index contributed by atoms with van der Waals surface area (Å²) in [6.07, 6.45) is 2.69. The Morgan fingerprint density at radius 1 is 1.19 bits per heavy atom. The van der Waals surface area contributed by atoms with Gasteiger partial charge in [-0.15, -0.1) is 0 Å². The molecule has 0 spiro atoms. The number of aryl methyl sites for hydroxylation is 1. The fraction of sp³-hybridized carbons (Fsp3) is 0.200. The van der Waals surface area contributed by atoms with E-state index in [1.807, 2.05) is 31.3 Å². The van der Waals surface area contributed by atoms with E-state index in [1.54, 1.807) is 11.3 Å². The number of anilines is 1. The van der Waals surface area contributed by atoms with E-state index in [4.69, 9.17) is 5.73 Å². The molecule has 0 fully saturated rings. The Kier molecular flexibility index (Phi) is 4.69. The predicted octanol–water partition coefficient (Wildman–Crippen LogP) is 3.98. The van der Waals surface area contributed by atoms with Crippen LogP contribution in [0.4, 0.5) is 5.13 Å². The van der Waals surface area contributed by atoms with E-state index >= 15 is 0 Å². The Morgan fingerprint density at radius 3 is 2.88 bits per heavy atom. The molecule has 0 aliphatic rings. The van der Waals surface area contributed by atoms with Gasteiger partial charge in [0, 0.05) is 18.0 Å². The van der Waals surface area contributed by atoms with Crippen molar-refractivity contribution >= 4 is 27.4 Å². The molecule has 0 aliphatic carbocycles. The molecule has 4 aromatic rings. The van der Waals surface area contributed by atoms with Crippen LogP contribution in [0.15, 0.2) is 54.7 Å². The van der Waals surface area contributed by atoms with Crippen molar-refractivity contribution in [3.8, 4) is 10.4 Å². The minimum atomic E-state index is 0.0485. The van der Waals surface area contributed by atoms with Crippen LogP contribution in [0.1, 0.15) is 11.3 Å². The third-order valence-corrected chi connectivity index (χ3v) is 5.52. The molecule has 0 amide bonds. The molecule has 5 nitrogen and oxygen atoms in total. The quantitative estimate of drug-likeness (QED) is 0.484. The summed E-state index contributed by atoms with van der Waals surface area (Å²) in [5.74, 6) is 0. The van der Waals surface area contributed by atoms with Gasteiger partial charge in [0.2, 0.25) is 0 Å². The Balaban J connectivity index is 1.44. The maximum atomic E-state index is 6.26. The normalized spacial score (nSPS) is 12.4. The van der Waals surface area contributed by atoms with Crippen molar-refractivity contribution in [1.82, 2.24) is 15.2 Å². The summed E-state index contributed by atoms with van der Waals surface area (Å²) >= 11 is 1.66. The minimum Gasteiger partial charge on any atom is -0.360 e. The maximum Gasteiger partial charge on any atom is 0.183 e. The van der Waals surface area contributed by atoms with Gasteiger partial charge in [-0.3, -0.25) is 5.10 Å². The zero-order valence-electron chi connectivity index (χ0n) is 14.6. The molecular formula is C20H21N5S. The lowest BCUT2D eigenvalue weighted by atomic mass is 10.1. The molecule has 4 rings (SSSR count). The SMILES string of the molecule is Cc1nc(NCC(N)Cc2ccccc2)sc1-c1ccc2[nH]ncc2c1. The second kappa shape index (κ2) is 7.27. The molecule has 0 saturated heterocycles. The van der Waals surface area contributed by atoms with Crippen molar-refractivity contribution < 1.29 is 0 Å². The lowest BCUT2D eigenvalue weighted by molar-refractivity contribution is 0.699. The number of hydrogen-bond acceptors (Lipinski definition) is 5. The Labute approximate surface area is 156 Å².